The summed E-state index contributed by atoms with van der Waals surface area (Å²) < 4.78 is 5.52. The molecule has 3 N–H and O–H groups in total. The third-order valence-corrected chi connectivity index (χ3v) is 5.43. The molecular weight excluding hydrogens is 396 g/mol. The summed E-state index contributed by atoms with van der Waals surface area (Å²) in [6.07, 6.45) is -0.343. The van der Waals surface area contributed by atoms with Gasteiger partial charge in [-0.05, 0) is 34.6 Å². The topological polar surface area (TPSA) is 105 Å². The molecule has 2 amide bonds. The number of benzene rings is 2. The molecule has 1 aliphatic rings. The summed E-state index contributed by atoms with van der Waals surface area (Å²) in [5, 5.41) is 14.0. The smallest absolute Gasteiger partial charge is 0.407 e. The first-order valence-corrected chi connectivity index (χ1v) is 10.5. The molecule has 0 aliphatic heterocycles. The SMILES string of the molecule is CC(C)[C@H](NC(=O)OCC1c2ccccc2-c2ccccc21)C(=O)NCCCC(=O)O. The molecule has 31 heavy (non-hydrogen) atoms. The molecule has 7 heteroatoms. The van der Waals surface area contributed by atoms with E-state index in [0.717, 1.165) is 22.3 Å². The van der Waals surface area contributed by atoms with E-state index >= 15 is 0 Å². The molecule has 164 valence electrons. The third-order valence-electron chi connectivity index (χ3n) is 5.43. The zero-order valence-electron chi connectivity index (χ0n) is 17.8. The van der Waals surface area contributed by atoms with E-state index < -0.39 is 18.1 Å². The molecule has 3 rings (SSSR count). The minimum absolute atomic E-state index is 0.0214. The van der Waals surface area contributed by atoms with Crippen LogP contribution in [0.4, 0.5) is 4.79 Å². The molecule has 2 aromatic carbocycles. The Kier molecular flexibility index (Phi) is 7.28. The van der Waals surface area contributed by atoms with Crippen LogP contribution in [0.3, 0.4) is 0 Å². The van der Waals surface area contributed by atoms with Crippen LogP contribution in [0.1, 0.15) is 43.7 Å². The lowest BCUT2D eigenvalue weighted by atomic mass is 9.98. The minimum atomic E-state index is -0.911. The van der Waals surface area contributed by atoms with E-state index in [1.54, 1.807) is 0 Å². The van der Waals surface area contributed by atoms with Gasteiger partial charge in [0.15, 0.2) is 0 Å². The molecule has 0 unspecified atom stereocenters. The number of hydrogen-bond acceptors (Lipinski definition) is 4. The molecule has 0 aromatic heterocycles. The van der Waals surface area contributed by atoms with Gasteiger partial charge >= 0.3 is 12.1 Å². The van der Waals surface area contributed by atoms with Crippen molar-refractivity contribution in [2.24, 2.45) is 5.92 Å². The molecule has 0 fully saturated rings. The van der Waals surface area contributed by atoms with Crippen LogP contribution in [0, 0.1) is 5.92 Å². The molecule has 0 spiro atoms. The third kappa shape index (κ3) is 5.42. The first kappa shape index (κ1) is 22.3. The molecule has 2 aromatic rings. The quantitative estimate of drug-likeness (QED) is 0.534. The normalized spacial score (nSPS) is 13.3. The van der Waals surface area contributed by atoms with Crippen molar-refractivity contribution in [1.82, 2.24) is 10.6 Å². The second-order valence-electron chi connectivity index (χ2n) is 7.98. The lowest BCUT2D eigenvalue weighted by molar-refractivity contribution is -0.137. The summed E-state index contributed by atoms with van der Waals surface area (Å²) in [4.78, 5) is 35.5. The maximum atomic E-state index is 12.5. The van der Waals surface area contributed by atoms with E-state index in [-0.39, 0.29) is 37.3 Å². The summed E-state index contributed by atoms with van der Waals surface area (Å²) in [7, 11) is 0. The van der Waals surface area contributed by atoms with Crippen LogP contribution in [0.15, 0.2) is 48.5 Å². The first-order valence-electron chi connectivity index (χ1n) is 10.5. The Bertz CT molecular complexity index is 911. The largest absolute Gasteiger partial charge is 0.481 e. The number of rotatable bonds is 9. The Morgan fingerprint density at radius 3 is 2.13 bits per heavy atom. The number of alkyl carbamates (subject to hydrolysis) is 1. The summed E-state index contributed by atoms with van der Waals surface area (Å²) in [5.74, 6) is -1.47. The van der Waals surface area contributed by atoms with Gasteiger partial charge in [-0.1, -0.05) is 62.4 Å². The van der Waals surface area contributed by atoms with E-state index in [9.17, 15) is 14.4 Å². The second kappa shape index (κ2) is 10.1. The highest BCUT2D eigenvalue weighted by atomic mass is 16.5. The van der Waals surface area contributed by atoms with Crippen molar-refractivity contribution >= 4 is 18.0 Å². The van der Waals surface area contributed by atoms with Crippen LogP contribution in [0.25, 0.3) is 11.1 Å². The highest BCUT2D eigenvalue weighted by molar-refractivity contribution is 5.86. The average Bonchev–Trinajstić information content (AvgIpc) is 3.07. The Morgan fingerprint density at radius 1 is 1.00 bits per heavy atom. The second-order valence-corrected chi connectivity index (χ2v) is 7.98. The van der Waals surface area contributed by atoms with Gasteiger partial charge in [0.05, 0.1) is 0 Å². The summed E-state index contributed by atoms with van der Waals surface area (Å²) in [6, 6.07) is 15.4. The fourth-order valence-corrected chi connectivity index (χ4v) is 3.86. The number of fused-ring (bicyclic) bond motifs is 3. The Morgan fingerprint density at radius 2 is 1.58 bits per heavy atom. The van der Waals surface area contributed by atoms with Crippen LogP contribution >= 0.6 is 0 Å². The molecule has 1 atom stereocenters. The van der Waals surface area contributed by atoms with Crippen LogP contribution in [-0.2, 0) is 14.3 Å². The number of hydrogen-bond donors (Lipinski definition) is 3. The first-order chi connectivity index (χ1) is 14.9. The van der Waals surface area contributed by atoms with Crippen molar-refractivity contribution in [3.05, 3.63) is 59.7 Å². The Hall–Kier alpha value is -3.35. The summed E-state index contributed by atoms with van der Waals surface area (Å²) >= 11 is 0. The van der Waals surface area contributed by atoms with Gasteiger partial charge in [-0.25, -0.2) is 4.79 Å². The van der Waals surface area contributed by atoms with Gasteiger partial charge in [-0.15, -0.1) is 0 Å². The van der Waals surface area contributed by atoms with E-state index in [1.807, 2.05) is 50.2 Å². The van der Waals surface area contributed by atoms with Gasteiger partial charge in [0.1, 0.15) is 12.6 Å². The molecule has 0 bridgehead atoms. The number of amides is 2. The average molecular weight is 424 g/mol. The lowest BCUT2D eigenvalue weighted by Gasteiger charge is -2.22. The van der Waals surface area contributed by atoms with Crippen LogP contribution in [0.5, 0.6) is 0 Å². The van der Waals surface area contributed by atoms with Crippen molar-refractivity contribution in [3.63, 3.8) is 0 Å². The highest BCUT2D eigenvalue weighted by Crippen LogP contribution is 2.44. The number of aliphatic carboxylic acids is 1. The van der Waals surface area contributed by atoms with E-state index in [1.165, 1.54) is 0 Å². The molecule has 1 aliphatic carbocycles. The predicted octanol–water partition coefficient (Wildman–Crippen LogP) is 3.53. The van der Waals surface area contributed by atoms with Crippen LogP contribution in [0.2, 0.25) is 0 Å². The lowest BCUT2D eigenvalue weighted by Crippen LogP contribution is -2.50. The highest BCUT2D eigenvalue weighted by Gasteiger charge is 2.30. The van der Waals surface area contributed by atoms with Crippen LogP contribution < -0.4 is 10.6 Å². The monoisotopic (exact) mass is 424 g/mol. The number of carbonyl (C=O) groups excluding carboxylic acids is 2. The molecule has 7 nitrogen and oxygen atoms in total. The van der Waals surface area contributed by atoms with Crippen molar-refractivity contribution in [3.8, 4) is 11.1 Å². The van der Waals surface area contributed by atoms with Gasteiger partial charge in [0.2, 0.25) is 5.91 Å². The van der Waals surface area contributed by atoms with Gasteiger partial charge in [-0.3, -0.25) is 9.59 Å². The predicted molar refractivity (Wildman–Crippen MR) is 117 cm³/mol. The number of carbonyl (C=O) groups is 3. The number of carboxylic acids is 1. The summed E-state index contributed by atoms with van der Waals surface area (Å²) in [6.45, 7) is 4.06. The van der Waals surface area contributed by atoms with Crippen molar-refractivity contribution in [2.45, 2.75) is 38.6 Å². The fourth-order valence-electron chi connectivity index (χ4n) is 3.86. The van der Waals surface area contributed by atoms with Crippen molar-refractivity contribution in [2.75, 3.05) is 13.2 Å². The Balaban J connectivity index is 1.58. The summed E-state index contributed by atoms with van der Waals surface area (Å²) in [5.41, 5.74) is 4.53. The number of carboxylic acid groups (broad SMARTS) is 1. The zero-order chi connectivity index (χ0) is 22.4. The number of nitrogens with one attached hydrogen (secondary N) is 2. The molecule has 0 radical (unpaired) electrons. The molecule has 0 heterocycles. The van der Waals surface area contributed by atoms with Crippen molar-refractivity contribution < 1.29 is 24.2 Å². The van der Waals surface area contributed by atoms with Gasteiger partial charge in [-0.2, -0.15) is 0 Å². The van der Waals surface area contributed by atoms with Crippen molar-refractivity contribution in [1.29, 1.82) is 0 Å². The van der Waals surface area contributed by atoms with Crippen LogP contribution in [-0.4, -0.2) is 42.3 Å². The molecule has 0 saturated carbocycles. The molecular formula is C24H28N2O5. The van der Waals surface area contributed by atoms with Gasteiger partial charge < -0.3 is 20.5 Å². The van der Waals surface area contributed by atoms with Gasteiger partial charge in [0.25, 0.3) is 0 Å². The Labute approximate surface area is 181 Å². The standard InChI is InChI=1S/C24H28N2O5/c1-15(2)22(23(29)25-13-7-12-21(27)28)26-24(30)31-14-20-18-10-5-3-8-16(18)17-9-4-6-11-19(17)20/h3-6,8-11,15,20,22H,7,12-14H2,1-2H3,(H,25,29)(H,26,30)(H,27,28)/t22-/m0/s1. The maximum Gasteiger partial charge on any atom is 0.407 e. The van der Waals surface area contributed by atoms with E-state index in [2.05, 4.69) is 22.8 Å². The van der Waals surface area contributed by atoms with E-state index in [4.69, 9.17) is 9.84 Å². The fraction of sp³-hybridized carbons (Fsp3) is 0.375. The van der Waals surface area contributed by atoms with Gasteiger partial charge in [0, 0.05) is 18.9 Å². The number of ether oxygens (including phenoxy) is 1. The zero-order valence-corrected chi connectivity index (χ0v) is 17.8. The van der Waals surface area contributed by atoms with E-state index in [0.29, 0.717) is 6.42 Å². The maximum absolute atomic E-state index is 12.5. The molecule has 0 saturated heterocycles. The minimum Gasteiger partial charge on any atom is -0.481 e.